The quantitative estimate of drug-likeness (QED) is 0.570. The van der Waals surface area contributed by atoms with Crippen molar-refractivity contribution in [3.8, 4) is 11.5 Å². The largest absolute Gasteiger partial charge is 0.497 e. The van der Waals surface area contributed by atoms with Gasteiger partial charge in [0.1, 0.15) is 18.0 Å². The second kappa shape index (κ2) is 10.4. The van der Waals surface area contributed by atoms with E-state index in [1.54, 1.807) is 28.3 Å². The second-order valence-electron chi connectivity index (χ2n) is 5.89. The first-order valence-electron chi connectivity index (χ1n) is 8.33. The molecule has 0 fully saturated rings. The number of guanidine groups is 1. The molecule has 7 heteroatoms. The molecule has 0 aliphatic carbocycles. The Balaban J connectivity index is 2.92. The number of benzene rings is 1. The van der Waals surface area contributed by atoms with Gasteiger partial charge in [0.25, 0.3) is 0 Å². The predicted molar refractivity (Wildman–Crippen MR) is 100 cm³/mol. The van der Waals surface area contributed by atoms with Crippen LogP contribution in [0.15, 0.2) is 23.2 Å². The number of hydrogen-bond donors (Lipinski definition) is 1. The van der Waals surface area contributed by atoms with E-state index in [2.05, 4.69) is 17.2 Å². The smallest absolute Gasteiger partial charge is 0.243 e. The zero-order chi connectivity index (χ0) is 18.8. The fourth-order valence-corrected chi connectivity index (χ4v) is 2.15. The molecule has 1 N–H and O–H groups in total. The second-order valence-corrected chi connectivity index (χ2v) is 5.89. The maximum absolute atomic E-state index is 11.8. The van der Waals surface area contributed by atoms with Gasteiger partial charge in [-0.05, 0) is 18.6 Å². The fraction of sp³-hybridized carbons (Fsp3) is 0.556. The molecule has 0 bridgehead atoms. The molecule has 0 heterocycles. The molecule has 0 aromatic heterocycles. The van der Waals surface area contributed by atoms with Crippen LogP contribution in [-0.2, 0) is 11.3 Å². The maximum atomic E-state index is 11.8. The molecule has 1 amide bonds. The number of amides is 1. The van der Waals surface area contributed by atoms with E-state index >= 15 is 0 Å². The van der Waals surface area contributed by atoms with E-state index in [4.69, 9.17) is 9.47 Å². The summed E-state index contributed by atoms with van der Waals surface area (Å²) in [6, 6.07) is 5.73. The molecule has 25 heavy (non-hydrogen) atoms. The van der Waals surface area contributed by atoms with E-state index in [0.29, 0.717) is 12.5 Å². The van der Waals surface area contributed by atoms with Gasteiger partial charge in [-0.15, -0.1) is 0 Å². The van der Waals surface area contributed by atoms with Crippen molar-refractivity contribution < 1.29 is 14.3 Å². The van der Waals surface area contributed by atoms with E-state index < -0.39 is 0 Å². The molecule has 0 unspecified atom stereocenters. The molecule has 7 nitrogen and oxygen atoms in total. The third-order valence-corrected chi connectivity index (χ3v) is 3.66. The minimum atomic E-state index is -0.0359. The van der Waals surface area contributed by atoms with E-state index in [9.17, 15) is 4.79 Å². The normalized spacial score (nSPS) is 11.0. The van der Waals surface area contributed by atoms with Gasteiger partial charge in [0.2, 0.25) is 5.91 Å². The Bertz CT molecular complexity index is 588. The van der Waals surface area contributed by atoms with E-state index in [-0.39, 0.29) is 12.5 Å². The summed E-state index contributed by atoms with van der Waals surface area (Å²) >= 11 is 0. The van der Waals surface area contributed by atoms with Crippen LogP contribution in [0.3, 0.4) is 0 Å². The summed E-state index contributed by atoms with van der Waals surface area (Å²) in [5.41, 5.74) is 1.01. The SMILES string of the molecule is CCCNC(=NCC(=O)N(C)C)N(C)Cc1ccc(OC)cc1OC. The fourth-order valence-electron chi connectivity index (χ4n) is 2.15. The summed E-state index contributed by atoms with van der Waals surface area (Å²) in [5.74, 6) is 2.16. The predicted octanol–water partition coefficient (Wildman–Crippen LogP) is 1.58. The van der Waals surface area contributed by atoms with Crippen molar-refractivity contribution in [1.82, 2.24) is 15.1 Å². The van der Waals surface area contributed by atoms with Crippen molar-refractivity contribution in [2.24, 2.45) is 4.99 Å². The van der Waals surface area contributed by atoms with E-state index in [1.165, 1.54) is 4.90 Å². The summed E-state index contributed by atoms with van der Waals surface area (Å²) < 4.78 is 10.7. The highest BCUT2D eigenvalue weighted by Gasteiger charge is 2.12. The van der Waals surface area contributed by atoms with Gasteiger partial charge >= 0.3 is 0 Å². The Kier molecular flexibility index (Phi) is 8.60. The molecule has 0 saturated carbocycles. The molecular weight excluding hydrogens is 320 g/mol. The number of nitrogens with zero attached hydrogens (tertiary/aromatic N) is 3. The highest BCUT2D eigenvalue weighted by molar-refractivity contribution is 5.84. The van der Waals surface area contributed by atoms with Crippen molar-refractivity contribution >= 4 is 11.9 Å². The van der Waals surface area contributed by atoms with Crippen LogP contribution >= 0.6 is 0 Å². The summed E-state index contributed by atoms with van der Waals surface area (Å²) in [6.45, 7) is 3.59. The van der Waals surface area contributed by atoms with Crippen LogP contribution in [0.25, 0.3) is 0 Å². The molecule has 1 aromatic rings. The molecule has 1 aromatic carbocycles. The average Bonchev–Trinajstić information content (AvgIpc) is 2.61. The first kappa shape index (κ1) is 20.6. The summed E-state index contributed by atoms with van der Waals surface area (Å²) in [5, 5.41) is 3.28. The van der Waals surface area contributed by atoms with Crippen LogP contribution in [0, 0.1) is 0 Å². The molecule has 0 saturated heterocycles. The number of likely N-dealkylation sites (N-methyl/N-ethyl adjacent to an activating group) is 1. The van der Waals surface area contributed by atoms with Gasteiger partial charge in [-0.3, -0.25) is 4.79 Å². The molecule has 0 aliphatic rings. The number of methoxy groups -OCH3 is 2. The first-order chi connectivity index (χ1) is 11.9. The molecule has 1 rings (SSSR count). The summed E-state index contributed by atoms with van der Waals surface area (Å²) in [4.78, 5) is 19.8. The van der Waals surface area contributed by atoms with Crippen LogP contribution in [-0.4, -0.2) is 70.1 Å². The average molecular weight is 350 g/mol. The number of carbonyl (C=O) groups is 1. The van der Waals surface area contributed by atoms with E-state index in [0.717, 1.165) is 30.0 Å². The monoisotopic (exact) mass is 350 g/mol. The number of nitrogens with one attached hydrogen (secondary N) is 1. The Morgan fingerprint density at radius 1 is 1.20 bits per heavy atom. The first-order valence-corrected chi connectivity index (χ1v) is 8.33. The highest BCUT2D eigenvalue weighted by Crippen LogP contribution is 2.25. The van der Waals surface area contributed by atoms with Crippen LogP contribution in [0.4, 0.5) is 0 Å². The van der Waals surface area contributed by atoms with Crippen LogP contribution in [0.1, 0.15) is 18.9 Å². The maximum Gasteiger partial charge on any atom is 0.243 e. The van der Waals surface area contributed by atoms with Gasteiger partial charge in [0, 0.05) is 45.9 Å². The Morgan fingerprint density at radius 3 is 2.48 bits per heavy atom. The van der Waals surface area contributed by atoms with Gasteiger partial charge in [-0.2, -0.15) is 0 Å². The Hall–Kier alpha value is -2.44. The van der Waals surface area contributed by atoms with Crippen LogP contribution < -0.4 is 14.8 Å². The number of rotatable bonds is 8. The van der Waals surface area contributed by atoms with Crippen molar-refractivity contribution in [2.45, 2.75) is 19.9 Å². The van der Waals surface area contributed by atoms with Crippen LogP contribution in [0.2, 0.25) is 0 Å². The third-order valence-electron chi connectivity index (χ3n) is 3.66. The molecule has 0 radical (unpaired) electrons. The summed E-state index contributed by atoms with van der Waals surface area (Å²) in [6.07, 6.45) is 0.973. The lowest BCUT2D eigenvalue weighted by Gasteiger charge is -2.23. The third kappa shape index (κ3) is 6.52. The van der Waals surface area contributed by atoms with Crippen molar-refractivity contribution in [3.05, 3.63) is 23.8 Å². The van der Waals surface area contributed by atoms with Crippen molar-refractivity contribution in [3.63, 3.8) is 0 Å². The Labute approximate surface area is 150 Å². The Morgan fingerprint density at radius 2 is 1.92 bits per heavy atom. The molecule has 140 valence electrons. The number of hydrogen-bond acceptors (Lipinski definition) is 4. The minimum Gasteiger partial charge on any atom is -0.497 e. The van der Waals surface area contributed by atoms with Gasteiger partial charge in [0.05, 0.1) is 14.2 Å². The molecule has 0 atom stereocenters. The number of aliphatic imine (C=N–C) groups is 1. The lowest BCUT2D eigenvalue weighted by molar-refractivity contribution is -0.127. The zero-order valence-electron chi connectivity index (χ0n) is 16.1. The molecule has 0 spiro atoms. The standard InChI is InChI=1S/C18H30N4O3/c1-7-10-19-18(20-12-17(23)21(2)3)22(4)13-14-8-9-15(24-5)11-16(14)25-6/h8-9,11H,7,10,12-13H2,1-6H3,(H,19,20). The molecular formula is C18H30N4O3. The minimum absolute atomic E-state index is 0.0359. The number of ether oxygens (including phenoxy) is 2. The van der Waals surface area contributed by atoms with Gasteiger partial charge < -0.3 is 24.6 Å². The highest BCUT2D eigenvalue weighted by atomic mass is 16.5. The molecule has 0 aliphatic heterocycles. The van der Waals surface area contributed by atoms with Crippen molar-refractivity contribution in [1.29, 1.82) is 0 Å². The lowest BCUT2D eigenvalue weighted by Crippen LogP contribution is -2.40. The van der Waals surface area contributed by atoms with Crippen molar-refractivity contribution in [2.75, 3.05) is 48.5 Å². The topological polar surface area (TPSA) is 66.4 Å². The van der Waals surface area contributed by atoms with Crippen LogP contribution in [0.5, 0.6) is 11.5 Å². The van der Waals surface area contributed by atoms with Gasteiger partial charge in [-0.1, -0.05) is 6.92 Å². The number of carbonyl (C=O) groups excluding carboxylic acids is 1. The zero-order valence-corrected chi connectivity index (χ0v) is 16.1. The lowest BCUT2D eigenvalue weighted by atomic mass is 10.2. The van der Waals surface area contributed by atoms with E-state index in [1.807, 2.05) is 30.1 Å². The van der Waals surface area contributed by atoms with Gasteiger partial charge in [-0.25, -0.2) is 4.99 Å². The van der Waals surface area contributed by atoms with Gasteiger partial charge in [0.15, 0.2) is 5.96 Å². The summed E-state index contributed by atoms with van der Waals surface area (Å²) in [7, 11) is 8.65.